The Morgan fingerprint density at radius 2 is 1.48 bits per heavy atom. The van der Waals surface area contributed by atoms with Gasteiger partial charge in [0.25, 0.3) is 0 Å². The smallest absolute Gasteiger partial charge is 0.240 e. The zero-order chi connectivity index (χ0) is 29.4. The van der Waals surface area contributed by atoms with Gasteiger partial charge in [-0.15, -0.1) is 0 Å². The second-order valence-corrected chi connectivity index (χ2v) is 12.4. The van der Waals surface area contributed by atoms with E-state index in [0.717, 1.165) is 94.1 Å². The van der Waals surface area contributed by atoms with Gasteiger partial charge >= 0.3 is 0 Å². The third-order valence-corrected chi connectivity index (χ3v) is 10.5. The number of carbonyl (C=O) groups excluding carboxylic acids is 1. The molecule has 0 aliphatic carbocycles. The van der Waals surface area contributed by atoms with E-state index in [0.29, 0.717) is 17.9 Å². The average Bonchev–Trinajstić information content (AvgIpc) is 3.58. The maximum Gasteiger partial charge on any atom is 0.240 e. The van der Waals surface area contributed by atoms with Gasteiger partial charge in [-0.25, -0.2) is 0 Å². The molecule has 0 saturated carbocycles. The quantitative estimate of drug-likeness (QED) is 0.477. The molecule has 2 aromatic rings. The van der Waals surface area contributed by atoms with E-state index in [9.17, 15) is 4.79 Å². The fourth-order valence-corrected chi connectivity index (χ4v) is 8.18. The lowest BCUT2D eigenvalue weighted by Gasteiger charge is -2.49. The molecule has 0 radical (unpaired) electrons. The van der Waals surface area contributed by atoms with Gasteiger partial charge in [0.15, 0.2) is 23.0 Å². The minimum absolute atomic E-state index is 0.0162. The van der Waals surface area contributed by atoms with Crippen molar-refractivity contribution in [3.8, 4) is 23.0 Å². The summed E-state index contributed by atoms with van der Waals surface area (Å²) >= 11 is 0. The number of fused-ring (bicyclic) bond motifs is 4. The van der Waals surface area contributed by atoms with Crippen molar-refractivity contribution in [2.45, 2.75) is 70.0 Å². The molecule has 1 N–H and O–H groups in total. The van der Waals surface area contributed by atoms with Crippen LogP contribution in [0.15, 0.2) is 24.3 Å². The summed E-state index contributed by atoms with van der Waals surface area (Å²) in [6.45, 7) is 6.14. The maximum atomic E-state index is 14.0. The number of nitrogens with zero attached hydrogens (tertiary/aromatic N) is 2. The van der Waals surface area contributed by atoms with E-state index in [2.05, 4.69) is 46.3 Å². The van der Waals surface area contributed by atoms with Crippen LogP contribution in [0.4, 0.5) is 0 Å². The largest absolute Gasteiger partial charge is 0.493 e. The van der Waals surface area contributed by atoms with E-state index in [4.69, 9.17) is 18.9 Å². The molecule has 2 fully saturated rings. The van der Waals surface area contributed by atoms with Crippen LogP contribution in [-0.2, 0) is 17.6 Å². The molecule has 0 spiro atoms. The number of piperidine rings is 1. The molecular weight excluding hydrogens is 530 g/mol. The summed E-state index contributed by atoms with van der Waals surface area (Å²) < 4.78 is 22.8. The number of carbonyl (C=O) groups is 1. The van der Waals surface area contributed by atoms with Crippen molar-refractivity contribution in [2.75, 3.05) is 54.6 Å². The fraction of sp³-hybridized carbons (Fsp3) is 0.618. The molecule has 4 aliphatic heterocycles. The lowest BCUT2D eigenvalue weighted by molar-refractivity contribution is -0.136. The monoisotopic (exact) mass is 577 g/mol. The Labute approximate surface area is 250 Å². The molecule has 4 aliphatic rings. The first-order valence-corrected chi connectivity index (χ1v) is 15.8. The molecule has 4 heterocycles. The maximum absolute atomic E-state index is 14.0. The van der Waals surface area contributed by atoms with E-state index < -0.39 is 0 Å². The van der Waals surface area contributed by atoms with Crippen molar-refractivity contribution in [1.29, 1.82) is 0 Å². The molecular formula is C34H47N3O5. The first-order valence-electron chi connectivity index (χ1n) is 15.8. The summed E-state index contributed by atoms with van der Waals surface area (Å²) in [6, 6.07) is 8.95. The van der Waals surface area contributed by atoms with Gasteiger partial charge in [0.2, 0.25) is 5.91 Å². The number of ether oxygens (including phenoxy) is 4. The van der Waals surface area contributed by atoms with Crippen molar-refractivity contribution < 1.29 is 23.7 Å². The van der Waals surface area contributed by atoms with Gasteiger partial charge < -0.3 is 29.2 Å². The second kappa shape index (κ2) is 12.3. The highest BCUT2D eigenvalue weighted by molar-refractivity contribution is 5.83. The summed E-state index contributed by atoms with van der Waals surface area (Å²) in [5.74, 6) is 4.41. The van der Waals surface area contributed by atoms with E-state index in [1.165, 1.54) is 22.3 Å². The van der Waals surface area contributed by atoms with Crippen LogP contribution in [0.5, 0.6) is 23.0 Å². The van der Waals surface area contributed by atoms with E-state index in [-0.39, 0.29) is 18.0 Å². The fourth-order valence-electron chi connectivity index (χ4n) is 8.18. The number of amides is 1. The Morgan fingerprint density at radius 3 is 2.10 bits per heavy atom. The highest BCUT2D eigenvalue weighted by Gasteiger charge is 2.43. The molecule has 5 atom stereocenters. The Balaban J connectivity index is 1.35. The van der Waals surface area contributed by atoms with Crippen LogP contribution in [0.2, 0.25) is 0 Å². The Bertz CT molecular complexity index is 1290. The third kappa shape index (κ3) is 5.21. The highest BCUT2D eigenvalue weighted by atomic mass is 16.5. The molecule has 2 aromatic carbocycles. The SMILES string of the molecule is CC[C@H]1CN2CCc3cc(OC)c(OC)cc3[C@@H]2C[C@@H]1C[C@@H]1c2cc(OC)c(OC)cc2CCN1C(=O)C1CCCN1. The van der Waals surface area contributed by atoms with Crippen molar-refractivity contribution in [2.24, 2.45) is 11.8 Å². The van der Waals surface area contributed by atoms with E-state index >= 15 is 0 Å². The number of methoxy groups -OCH3 is 4. The Hall–Kier alpha value is -2.97. The van der Waals surface area contributed by atoms with Crippen LogP contribution in [-0.4, -0.2) is 76.4 Å². The third-order valence-electron chi connectivity index (χ3n) is 10.5. The van der Waals surface area contributed by atoms with Gasteiger partial charge in [-0.1, -0.05) is 13.3 Å². The standard InChI is InChI=1S/C34H47N3O5/c1-6-21-20-36-12-9-22-16-30(39-2)32(41-4)18-25(22)28(36)14-24(21)15-29-26-19-33(42-5)31(40-3)17-23(26)10-13-37(29)34(38)27-8-7-11-35-27/h16-19,21,24,27-29,35H,6-15,20H2,1-5H3/t21-,24+,27?,28-,29+/m0/s1. The van der Waals surface area contributed by atoms with Gasteiger partial charge in [0, 0.05) is 25.7 Å². The molecule has 8 heteroatoms. The predicted molar refractivity (Wildman–Crippen MR) is 163 cm³/mol. The average molecular weight is 578 g/mol. The van der Waals surface area contributed by atoms with Gasteiger partial charge in [0.05, 0.1) is 40.5 Å². The minimum Gasteiger partial charge on any atom is -0.493 e. The first kappa shape index (κ1) is 29.1. The summed E-state index contributed by atoms with van der Waals surface area (Å²) in [7, 11) is 6.82. The summed E-state index contributed by atoms with van der Waals surface area (Å²) in [5, 5.41) is 3.47. The molecule has 2 saturated heterocycles. The van der Waals surface area contributed by atoms with E-state index in [1.807, 2.05) is 0 Å². The van der Waals surface area contributed by atoms with E-state index in [1.54, 1.807) is 28.4 Å². The number of hydrogen-bond donors (Lipinski definition) is 1. The molecule has 6 rings (SSSR count). The molecule has 42 heavy (non-hydrogen) atoms. The second-order valence-electron chi connectivity index (χ2n) is 12.4. The minimum atomic E-state index is -0.0781. The van der Waals surface area contributed by atoms with Crippen LogP contribution in [0.1, 0.15) is 73.4 Å². The Kier molecular flexibility index (Phi) is 8.55. The summed E-state index contributed by atoms with van der Waals surface area (Å²) in [5.41, 5.74) is 5.23. The Morgan fingerprint density at radius 1 is 0.857 bits per heavy atom. The zero-order valence-corrected chi connectivity index (χ0v) is 25.9. The van der Waals surface area contributed by atoms with Gasteiger partial charge in [-0.3, -0.25) is 9.69 Å². The van der Waals surface area contributed by atoms with Crippen LogP contribution < -0.4 is 24.3 Å². The van der Waals surface area contributed by atoms with Crippen LogP contribution in [0.3, 0.4) is 0 Å². The summed E-state index contributed by atoms with van der Waals surface area (Å²) in [6.07, 6.45) is 7.00. The van der Waals surface area contributed by atoms with Crippen molar-refractivity contribution in [3.05, 3.63) is 46.5 Å². The molecule has 8 nitrogen and oxygen atoms in total. The molecule has 0 bridgehead atoms. The topological polar surface area (TPSA) is 72.5 Å². The number of hydrogen-bond acceptors (Lipinski definition) is 7. The number of nitrogens with one attached hydrogen (secondary N) is 1. The lowest BCUT2D eigenvalue weighted by Crippen LogP contribution is -2.50. The van der Waals surface area contributed by atoms with Crippen LogP contribution >= 0.6 is 0 Å². The van der Waals surface area contributed by atoms with Gasteiger partial charge in [0.1, 0.15) is 0 Å². The van der Waals surface area contributed by atoms with Crippen molar-refractivity contribution in [1.82, 2.24) is 15.1 Å². The van der Waals surface area contributed by atoms with Crippen LogP contribution in [0, 0.1) is 11.8 Å². The molecule has 228 valence electrons. The van der Waals surface area contributed by atoms with Crippen LogP contribution in [0.25, 0.3) is 0 Å². The zero-order valence-electron chi connectivity index (χ0n) is 25.9. The van der Waals surface area contributed by atoms with Crippen molar-refractivity contribution in [3.63, 3.8) is 0 Å². The predicted octanol–water partition coefficient (Wildman–Crippen LogP) is 4.93. The summed E-state index contributed by atoms with van der Waals surface area (Å²) in [4.78, 5) is 18.9. The lowest BCUT2D eigenvalue weighted by atomic mass is 9.72. The number of rotatable bonds is 8. The first-order chi connectivity index (χ1) is 20.5. The normalized spacial score (nSPS) is 27.1. The highest BCUT2D eigenvalue weighted by Crippen LogP contribution is 2.49. The molecule has 0 aromatic heterocycles. The molecule has 1 amide bonds. The van der Waals surface area contributed by atoms with Gasteiger partial charge in [-0.05, 0) is 103 Å². The number of benzene rings is 2. The molecule has 1 unspecified atom stereocenters. The van der Waals surface area contributed by atoms with Crippen molar-refractivity contribution >= 4 is 5.91 Å². The van der Waals surface area contributed by atoms with Gasteiger partial charge in [-0.2, -0.15) is 0 Å².